The number of hydrogen-bond acceptors (Lipinski definition) is 7. The Morgan fingerprint density at radius 3 is 2.14 bits per heavy atom. The summed E-state index contributed by atoms with van der Waals surface area (Å²) < 4.78 is 16.2. The van der Waals surface area contributed by atoms with Crippen molar-refractivity contribution < 1.29 is 19.0 Å². The van der Waals surface area contributed by atoms with Crippen molar-refractivity contribution in [2.45, 2.75) is 46.2 Å². The quantitative estimate of drug-likeness (QED) is 0.255. The third-order valence-electron chi connectivity index (χ3n) is 6.13. The molecule has 0 aliphatic carbocycles. The lowest BCUT2D eigenvalue weighted by Gasteiger charge is -2.22. The summed E-state index contributed by atoms with van der Waals surface area (Å²) in [6, 6.07) is 14.2. The Labute approximate surface area is 225 Å². The molecule has 0 radical (unpaired) electrons. The van der Waals surface area contributed by atoms with E-state index in [2.05, 4.69) is 36.9 Å². The van der Waals surface area contributed by atoms with Crippen LogP contribution in [0.15, 0.2) is 47.8 Å². The summed E-state index contributed by atoms with van der Waals surface area (Å²) in [4.78, 5) is 22.0. The van der Waals surface area contributed by atoms with Crippen LogP contribution in [-0.4, -0.2) is 61.7 Å². The van der Waals surface area contributed by atoms with Gasteiger partial charge in [0, 0.05) is 31.6 Å². The summed E-state index contributed by atoms with van der Waals surface area (Å²) in [6.07, 6.45) is 2.72. The Hall–Kier alpha value is -3.10. The van der Waals surface area contributed by atoms with E-state index in [0.29, 0.717) is 12.2 Å². The van der Waals surface area contributed by atoms with Gasteiger partial charge in [-0.05, 0) is 54.7 Å². The second kappa shape index (κ2) is 14.6. The highest BCUT2D eigenvalue weighted by atomic mass is 32.1. The molecular weight excluding hydrogens is 486 g/mol. The van der Waals surface area contributed by atoms with Crippen LogP contribution in [0.2, 0.25) is 0 Å². The summed E-state index contributed by atoms with van der Waals surface area (Å²) >= 11 is 1.55. The maximum absolute atomic E-state index is 13.0. The van der Waals surface area contributed by atoms with Crippen molar-refractivity contribution in [3.63, 3.8) is 0 Å². The van der Waals surface area contributed by atoms with E-state index in [1.54, 1.807) is 32.7 Å². The maximum atomic E-state index is 13.0. The number of ether oxygens (including phenoxy) is 3. The first-order chi connectivity index (χ1) is 18.0. The molecule has 1 heterocycles. The first-order valence-electron chi connectivity index (χ1n) is 12.8. The van der Waals surface area contributed by atoms with Gasteiger partial charge in [0.2, 0.25) is 0 Å². The molecule has 0 fully saturated rings. The highest BCUT2D eigenvalue weighted by molar-refractivity contribution is 7.09. The summed E-state index contributed by atoms with van der Waals surface area (Å²) in [6.45, 7) is 7.96. The molecule has 0 unspecified atom stereocenters. The van der Waals surface area contributed by atoms with Gasteiger partial charge in [-0.2, -0.15) is 0 Å². The van der Waals surface area contributed by atoms with Crippen molar-refractivity contribution in [1.29, 1.82) is 0 Å². The van der Waals surface area contributed by atoms with Crippen LogP contribution in [0, 0.1) is 0 Å². The smallest absolute Gasteiger partial charge is 0.273 e. The number of methoxy groups -OCH3 is 3. The van der Waals surface area contributed by atoms with Crippen molar-refractivity contribution in [1.82, 2.24) is 14.8 Å². The fourth-order valence-electron chi connectivity index (χ4n) is 4.22. The monoisotopic (exact) mass is 525 g/mol. The standard InChI is InChI=1S/C29H39N3O4S/c1-6-15-32(16-7-2)29(33)25-21-37-28(30-25)20-31(19-23-8-11-24(34-3)12-9-23)17-14-22-10-13-26(35-4)27(18-22)36-5/h8-13,18,21H,6-7,14-17,19-20H2,1-5H3. The lowest BCUT2D eigenvalue weighted by atomic mass is 10.1. The molecule has 2 aromatic carbocycles. The van der Waals surface area contributed by atoms with E-state index in [-0.39, 0.29) is 5.91 Å². The highest BCUT2D eigenvalue weighted by Crippen LogP contribution is 2.28. The molecule has 0 saturated heterocycles. The van der Waals surface area contributed by atoms with Crippen LogP contribution in [0.1, 0.15) is 53.3 Å². The molecule has 0 N–H and O–H groups in total. The van der Waals surface area contributed by atoms with Crippen molar-refractivity contribution in [3.8, 4) is 17.2 Å². The van der Waals surface area contributed by atoms with Gasteiger partial charge < -0.3 is 19.1 Å². The Morgan fingerprint density at radius 2 is 1.51 bits per heavy atom. The Morgan fingerprint density at radius 1 is 0.838 bits per heavy atom. The van der Waals surface area contributed by atoms with Crippen LogP contribution >= 0.6 is 11.3 Å². The molecule has 0 aliphatic heterocycles. The van der Waals surface area contributed by atoms with Gasteiger partial charge in [-0.25, -0.2) is 4.98 Å². The van der Waals surface area contributed by atoms with E-state index in [1.807, 2.05) is 34.5 Å². The minimum Gasteiger partial charge on any atom is -0.497 e. The normalized spacial score (nSPS) is 11.0. The zero-order valence-corrected chi connectivity index (χ0v) is 23.5. The Bertz CT molecular complexity index is 1110. The molecule has 37 heavy (non-hydrogen) atoms. The van der Waals surface area contributed by atoms with E-state index < -0.39 is 0 Å². The molecule has 3 aromatic rings. The number of thiazole rings is 1. The van der Waals surface area contributed by atoms with Crippen molar-refractivity contribution in [2.24, 2.45) is 0 Å². The first kappa shape index (κ1) is 28.5. The number of benzene rings is 2. The Balaban J connectivity index is 1.75. The fourth-order valence-corrected chi connectivity index (χ4v) is 5.03. The zero-order chi connectivity index (χ0) is 26.6. The number of amides is 1. The lowest BCUT2D eigenvalue weighted by molar-refractivity contribution is 0.0750. The van der Waals surface area contributed by atoms with E-state index >= 15 is 0 Å². The fraction of sp³-hybridized carbons (Fsp3) is 0.448. The minimum absolute atomic E-state index is 0.0261. The third-order valence-corrected chi connectivity index (χ3v) is 6.97. The number of nitrogens with zero attached hydrogens (tertiary/aromatic N) is 3. The summed E-state index contributed by atoms with van der Waals surface area (Å²) in [5, 5.41) is 2.84. The van der Waals surface area contributed by atoms with Gasteiger partial charge >= 0.3 is 0 Å². The van der Waals surface area contributed by atoms with E-state index in [4.69, 9.17) is 19.2 Å². The number of aromatic nitrogens is 1. The van der Waals surface area contributed by atoms with Gasteiger partial charge in [0.25, 0.3) is 5.91 Å². The predicted octanol–water partition coefficient (Wildman–Crippen LogP) is 5.68. The molecule has 8 heteroatoms. The van der Waals surface area contributed by atoms with Crippen LogP contribution < -0.4 is 14.2 Å². The topological polar surface area (TPSA) is 64.1 Å². The van der Waals surface area contributed by atoms with Crippen LogP contribution in [0.25, 0.3) is 0 Å². The molecule has 3 rings (SSSR count). The molecule has 1 amide bonds. The largest absolute Gasteiger partial charge is 0.497 e. The van der Waals surface area contributed by atoms with Crippen LogP contribution in [-0.2, 0) is 19.5 Å². The number of carbonyl (C=O) groups is 1. The van der Waals surface area contributed by atoms with Crippen LogP contribution in [0.3, 0.4) is 0 Å². The molecule has 7 nitrogen and oxygen atoms in total. The first-order valence-corrected chi connectivity index (χ1v) is 13.7. The second-order valence-corrected chi connectivity index (χ2v) is 9.86. The number of hydrogen-bond donors (Lipinski definition) is 0. The van der Waals surface area contributed by atoms with E-state index in [9.17, 15) is 4.79 Å². The maximum Gasteiger partial charge on any atom is 0.273 e. The van der Waals surface area contributed by atoms with Crippen molar-refractivity contribution in [2.75, 3.05) is 41.0 Å². The average molecular weight is 526 g/mol. The van der Waals surface area contributed by atoms with Crippen LogP contribution in [0.5, 0.6) is 17.2 Å². The van der Waals surface area contributed by atoms with E-state index in [1.165, 1.54) is 11.1 Å². The second-order valence-electron chi connectivity index (χ2n) is 8.92. The Kier molecular flexibility index (Phi) is 11.2. The minimum atomic E-state index is 0.0261. The molecular formula is C29H39N3O4S. The molecule has 0 saturated carbocycles. The SMILES string of the molecule is CCCN(CCC)C(=O)c1csc(CN(CCc2ccc(OC)c(OC)c2)Cc2ccc(OC)cc2)n1. The molecule has 1 aromatic heterocycles. The summed E-state index contributed by atoms with van der Waals surface area (Å²) in [5.41, 5.74) is 2.91. The number of rotatable bonds is 15. The lowest BCUT2D eigenvalue weighted by Crippen LogP contribution is -2.32. The number of carbonyl (C=O) groups excluding carboxylic acids is 1. The zero-order valence-electron chi connectivity index (χ0n) is 22.7. The highest BCUT2D eigenvalue weighted by Gasteiger charge is 2.19. The van der Waals surface area contributed by atoms with Gasteiger partial charge in [0.1, 0.15) is 16.5 Å². The van der Waals surface area contributed by atoms with Gasteiger partial charge in [-0.3, -0.25) is 9.69 Å². The van der Waals surface area contributed by atoms with Crippen molar-refractivity contribution >= 4 is 17.2 Å². The summed E-state index contributed by atoms with van der Waals surface area (Å²) in [7, 11) is 4.97. The molecule has 200 valence electrons. The third kappa shape index (κ3) is 8.20. The van der Waals surface area contributed by atoms with E-state index in [0.717, 1.165) is 67.7 Å². The molecule has 0 spiro atoms. The summed E-state index contributed by atoms with van der Waals surface area (Å²) in [5.74, 6) is 2.32. The van der Waals surface area contributed by atoms with Crippen molar-refractivity contribution in [3.05, 3.63) is 69.7 Å². The van der Waals surface area contributed by atoms with Gasteiger partial charge in [-0.15, -0.1) is 11.3 Å². The molecule has 0 aliphatic rings. The predicted molar refractivity (Wildman–Crippen MR) is 149 cm³/mol. The van der Waals surface area contributed by atoms with Crippen LogP contribution in [0.4, 0.5) is 0 Å². The van der Waals surface area contributed by atoms with Gasteiger partial charge in [0.15, 0.2) is 11.5 Å². The molecule has 0 atom stereocenters. The van der Waals surface area contributed by atoms with Gasteiger partial charge in [-0.1, -0.05) is 32.0 Å². The van der Waals surface area contributed by atoms with Gasteiger partial charge in [0.05, 0.1) is 27.9 Å². The average Bonchev–Trinajstić information content (AvgIpc) is 3.39. The molecule has 0 bridgehead atoms.